The number of amides is 2. The molecule has 0 radical (unpaired) electrons. The van der Waals surface area contributed by atoms with Crippen LogP contribution in [0.4, 0.5) is 5.69 Å². The first-order valence-electron chi connectivity index (χ1n) is 8.08. The minimum absolute atomic E-state index is 0.215. The molecule has 136 valence electrons. The maximum absolute atomic E-state index is 12.2. The summed E-state index contributed by atoms with van der Waals surface area (Å²) in [5, 5.41) is 9.36. The zero-order valence-corrected chi connectivity index (χ0v) is 16.0. The van der Waals surface area contributed by atoms with Crippen molar-refractivity contribution in [2.75, 3.05) is 5.32 Å². The van der Waals surface area contributed by atoms with E-state index in [0.717, 1.165) is 5.56 Å². The second-order valence-electron chi connectivity index (χ2n) is 5.65. The highest BCUT2D eigenvalue weighted by Gasteiger charge is 2.07. The Bertz CT molecular complexity index is 965. The van der Waals surface area contributed by atoms with Crippen LogP contribution in [0.3, 0.4) is 0 Å². The molecule has 0 unspecified atom stereocenters. The molecular weight excluding hydrogens is 382 g/mol. The molecule has 0 fully saturated rings. The standard InChI is InChI=1S/C20H16ClN3O2S/c1-13(23-24-20(26)18-3-2-12-27-18)14-6-10-17(11-7-14)22-19(25)15-4-8-16(21)9-5-15/h2-12H,1H3,(H,22,25)(H,24,26)/b23-13-. The predicted molar refractivity (Wildman–Crippen MR) is 110 cm³/mol. The number of anilines is 1. The van der Waals surface area contributed by atoms with Crippen molar-refractivity contribution in [1.29, 1.82) is 0 Å². The summed E-state index contributed by atoms with van der Waals surface area (Å²) in [5.41, 5.74) is 5.22. The van der Waals surface area contributed by atoms with Gasteiger partial charge in [0.2, 0.25) is 0 Å². The first-order valence-corrected chi connectivity index (χ1v) is 9.34. The van der Waals surface area contributed by atoms with Crippen molar-refractivity contribution in [3.05, 3.63) is 87.1 Å². The molecule has 0 saturated heterocycles. The van der Waals surface area contributed by atoms with Crippen LogP contribution in [0.15, 0.2) is 71.1 Å². The smallest absolute Gasteiger partial charge is 0.281 e. The molecule has 0 saturated carbocycles. The van der Waals surface area contributed by atoms with Crippen molar-refractivity contribution in [2.45, 2.75) is 6.92 Å². The van der Waals surface area contributed by atoms with E-state index in [9.17, 15) is 9.59 Å². The summed E-state index contributed by atoms with van der Waals surface area (Å²) in [6.45, 7) is 1.80. The zero-order valence-electron chi connectivity index (χ0n) is 14.4. The van der Waals surface area contributed by atoms with E-state index in [1.807, 2.05) is 23.6 Å². The number of benzene rings is 2. The first kappa shape index (κ1) is 18.8. The molecule has 2 amide bonds. The van der Waals surface area contributed by atoms with E-state index in [4.69, 9.17) is 11.6 Å². The number of nitrogens with one attached hydrogen (secondary N) is 2. The number of hydrogen-bond donors (Lipinski definition) is 2. The summed E-state index contributed by atoms with van der Waals surface area (Å²) in [7, 11) is 0. The fourth-order valence-corrected chi connectivity index (χ4v) is 3.00. The highest BCUT2D eigenvalue weighted by atomic mass is 35.5. The van der Waals surface area contributed by atoms with Gasteiger partial charge >= 0.3 is 0 Å². The van der Waals surface area contributed by atoms with E-state index in [-0.39, 0.29) is 11.8 Å². The molecule has 0 aliphatic rings. The van der Waals surface area contributed by atoms with Gasteiger partial charge in [0.25, 0.3) is 11.8 Å². The number of nitrogens with zero attached hydrogens (tertiary/aromatic N) is 1. The molecular formula is C20H16ClN3O2S. The highest BCUT2D eigenvalue weighted by molar-refractivity contribution is 7.12. The van der Waals surface area contributed by atoms with Crippen LogP contribution in [0.5, 0.6) is 0 Å². The summed E-state index contributed by atoms with van der Waals surface area (Å²) >= 11 is 7.19. The van der Waals surface area contributed by atoms with Gasteiger partial charge in [-0.2, -0.15) is 5.10 Å². The topological polar surface area (TPSA) is 70.6 Å². The second-order valence-corrected chi connectivity index (χ2v) is 7.04. The minimum Gasteiger partial charge on any atom is -0.322 e. The van der Waals surface area contributed by atoms with E-state index in [2.05, 4.69) is 15.8 Å². The van der Waals surface area contributed by atoms with Gasteiger partial charge in [0.1, 0.15) is 0 Å². The molecule has 3 rings (SSSR count). The molecule has 2 N–H and O–H groups in total. The quantitative estimate of drug-likeness (QED) is 0.479. The van der Waals surface area contributed by atoms with E-state index >= 15 is 0 Å². The van der Waals surface area contributed by atoms with Gasteiger partial charge in [-0.25, -0.2) is 5.43 Å². The molecule has 3 aromatic rings. The summed E-state index contributed by atoms with van der Waals surface area (Å²) in [6, 6.07) is 17.4. The van der Waals surface area contributed by atoms with E-state index in [1.165, 1.54) is 11.3 Å². The molecule has 5 nitrogen and oxygen atoms in total. The van der Waals surface area contributed by atoms with Crippen LogP contribution in [0.1, 0.15) is 32.5 Å². The normalized spacial score (nSPS) is 11.1. The van der Waals surface area contributed by atoms with Gasteiger partial charge in [-0.15, -0.1) is 11.3 Å². The number of halogens is 1. The van der Waals surface area contributed by atoms with Crippen molar-refractivity contribution < 1.29 is 9.59 Å². The Labute approximate surface area is 165 Å². The van der Waals surface area contributed by atoms with Crippen LogP contribution in [0, 0.1) is 0 Å². The van der Waals surface area contributed by atoms with Crippen LogP contribution in [-0.4, -0.2) is 17.5 Å². The largest absolute Gasteiger partial charge is 0.322 e. The summed E-state index contributed by atoms with van der Waals surface area (Å²) in [4.78, 5) is 24.7. The number of hydrogen-bond acceptors (Lipinski definition) is 4. The van der Waals surface area contributed by atoms with Crippen LogP contribution in [0.25, 0.3) is 0 Å². The molecule has 0 aliphatic carbocycles. The molecule has 0 aliphatic heterocycles. The minimum atomic E-state index is -0.240. The Kier molecular flexibility index (Phi) is 6.01. The molecule has 0 bridgehead atoms. The monoisotopic (exact) mass is 397 g/mol. The number of rotatable bonds is 5. The SMILES string of the molecule is C/C(=N/NC(=O)c1cccs1)c1ccc(NC(=O)c2ccc(Cl)cc2)cc1. The molecule has 1 aromatic heterocycles. The molecule has 1 heterocycles. The zero-order chi connectivity index (χ0) is 19.2. The third-order valence-corrected chi connectivity index (χ3v) is 4.86. The highest BCUT2D eigenvalue weighted by Crippen LogP contribution is 2.14. The Morgan fingerprint density at radius 3 is 2.22 bits per heavy atom. The fourth-order valence-electron chi connectivity index (χ4n) is 2.26. The van der Waals surface area contributed by atoms with E-state index in [0.29, 0.717) is 26.9 Å². The second kappa shape index (κ2) is 8.62. The van der Waals surface area contributed by atoms with Gasteiger partial charge in [-0.3, -0.25) is 9.59 Å². The predicted octanol–water partition coefficient (Wildman–Crippen LogP) is 4.81. The van der Waals surface area contributed by atoms with Gasteiger partial charge in [0.05, 0.1) is 10.6 Å². The lowest BCUT2D eigenvalue weighted by Crippen LogP contribution is -2.18. The van der Waals surface area contributed by atoms with Crippen LogP contribution < -0.4 is 10.7 Å². The number of carbonyl (C=O) groups excluding carboxylic acids is 2. The third-order valence-electron chi connectivity index (χ3n) is 3.74. The Balaban J connectivity index is 1.62. The number of hydrazone groups is 1. The van der Waals surface area contributed by atoms with E-state index < -0.39 is 0 Å². The number of carbonyl (C=O) groups is 2. The van der Waals surface area contributed by atoms with Gasteiger partial charge in [0, 0.05) is 16.3 Å². The molecule has 27 heavy (non-hydrogen) atoms. The molecule has 0 atom stereocenters. The van der Waals surface area contributed by atoms with Crippen LogP contribution in [-0.2, 0) is 0 Å². The van der Waals surface area contributed by atoms with Crippen LogP contribution in [0.2, 0.25) is 5.02 Å². The van der Waals surface area contributed by atoms with Crippen molar-refractivity contribution in [2.24, 2.45) is 5.10 Å². The van der Waals surface area contributed by atoms with E-state index in [1.54, 1.807) is 49.4 Å². The van der Waals surface area contributed by atoms with Crippen molar-refractivity contribution in [3.8, 4) is 0 Å². The molecule has 0 spiro atoms. The lowest BCUT2D eigenvalue weighted by Gasteiger charge is -2.07. The van der Waals surface area contributed by atoms with Crippen molar-refractivity contribution in [3.63, 3.8) is 0 Å². The summed E-state index contributed by atoms with van der Waals surface area (Å²) in [6.07, 6.45) is 0. The van der Waals surface area contributed by atoms with Gasteiger partial charge < -0.3 is 5.32 Å². The lowest BCUT2D eigenvalue weighted by molar-refractivity contribution is 0.0958. The van der Waals surface area contributed by atoms with Gasteiger partial charge in [-0.05, 0) is 60.3 Å². The average Bonchev–Trinajstić information content (AvgIpc) is 3.22. The van der Waals surface area contributed by atoms with Gasteiger partial charge in [-0.1, -0.05) is 29.8 Å². The maximum atomic E-state index is 12.2. The average molecular weight is 398 g/mol. The van der Waals surface area contributed by atoms with Crippen molar-refractivity contribution in [1.82, 2.24) is 5.43 Å². The van der Waals surface area contributed by atoms with Crippen LogP contribution >= 0.6 is 22.9 Å². The molecule has 2 aromatic carbocycles. The lowest BCUT2D eigenvalue weighted by atomic mass is 10.1. The Morgan fingerprint density at radius 2 is 1.59 bits per heavy atom. The number of thiophene rings is 1. The van der Waals surface area contributed by atoms with Gasteiger partial charge in [0.15, 0.2) is 0 Å². The first-order chi connectivity index (χ1) is 13.0. The molecule has 7 heteroatoms. The summed E-state index contributed by atoms with van der Waals surface area (Å²) < 4.78 is 0. The Hall–Kier alpha value is -2.96. The maximum Gasteiger partial charge on any atom is 0.281 e. The third kappa shape index (κ3) is 5.03. The Morgan fingerprint density at radius 1 is 0.926 bits per heavy atom. The fraction of sp³-hybridized carbons (Fsp3) is 0.0500. The summed E-state index contributed by atoms with van der Waals surface area (Å²) in [5.74, 6) is -0.454. The van der Waals surface area contributed by atoms with Crippen molar-refractivity contribution >= 4 is 46.2 Å².